The Morgan fingerprint density at radius 2 is 1.81 bits per heavy atom. The molecule has 48 heavy (non-hydrogen) atoms. The topological polar surface area (TPSA) is 188 Å². The van der Waals surface area contributed by atoms with E-state index in [-0.39, 0.29) is 44.4 Å². The predicted octanol–water partition coefficient (Wildman–Crippen LogP) is -0.360. The quantitative estimate of drug-likeness (QED) is 0.291. The molecule has 0 radical (unpaired) electrons. The number of carbonyl (C=O) groups excluding carboxylic acids is 5. The summed E-state index contributed by atoms with van der Waals surface area (Å²) in [7, 11) is 1.48. The molecule has 0 saturated carbocycles. The number of hydrogen-bond donors (Lipinski definition) is 4. The van der Waals surface area contributed by atoms with E-state index in [9.17, 15) is 29.1 Å². The summed E-state index contributed by atoms with van der Waals surface area (Å²) >= 11 is 0. The van der Waals surface area contributed by atoms with Gasteiger partial charge in [0.1, 0.15) is 43.0 Å². The van der Waals surface area contributed by atoms with Crippen molar-refractivity contribution in [3.63, 3.8) is 0 Å². The molecule has 0 unspecified atom stereocenters. The van der Waals surface area contributed by atoms with E-state index in [1.807, 2.05) is 44.2 Å². The molecule has 0 aliphatic carbocycles. The number of ether oxygens (including phenoxy) is 1. The van der Waals surface area contributed by atoms with Crippen molar-refractivity contribution in [2.75, 3.05) is 26.7 Å². The summed E-state index contributed by atoms with van der Waals surface area (Å²) in [6, 6.07) is 5.51. The Morgan fingerprint density at radius 3 is 2.50 bits per heavy atom. The van der Waals surface area contributed by atoms with Gasteiger partial charge in [-0.3, -0.25) is 28.7 Å². The zero-order valence-electron chi connectivity index (χ0n) is 28.1. The van der Waals surface area contributed by atoms with E-state index in [2.05, 4.69) is 26.0 Å². The SMILES string of the molecule is CC(C)C[C@H]1NC(=O)CN(C(=O)CCCn2cncn2)C[C@H]2OCC[C@H](NC(=O)[C@H](Cc3ccccc3)NC(=O)[C@H](C)N(C)C1=O)[C@@H]2O. The van der Waals surface area contributed by atoms with Crippen molar-refractivity contribution in [3.8, 4) is 0 Å². The molecule has 1 aromatic carbocycles. The Balaban J connectivity index is 1.63. The summed E-state index contributed by atoms with van der Waals surface area (Å²) < 4.78 is 7.48. The Hall–Kier alpha value is -4.37. The van der Waals surface area contributed by atoms with Gasteiger partial charge in [0.25, 0.3) is 0 Å². The molecule has 2 aliphatic rings. The van der Waals surface area contributed by atoms with Gasteiger partial charge >= 0.3 is 0 Å². The normalized spacial score (nSPS) is 26.5. The van der Waals surface area contributed by atoms with Crippen LogP contribution in [0.4, 0.5) is 0 Å². The highest BCUT2D eigenvalue weighted by molar-refractivity contribution is 5.94. The maximum absolute atomic E-state index is 13.7. The zero-order valence-corrected chi connectivity index (χ0v) is 28.1. The molecule has 15 nitrogen and oxygen atoms in total. The second-order valence-electron chi connectivity index (χ2n) is 13.0. The number of nitrogens with zero attached hydrogens (tertiary/aromatic N) is 5. The van der Waals surface area contributed by atoms with Crippen molar-refractivity contribution in [1.29, 1.82) is 0 Å². The van der Waals surface area contributed by atoms with Crippen LogP contribution in [-0.2, 0) is 41.7 Å². The lowest BCUT2D eigenvalue weighted by Gasteiger charge is -2.38. The third-order valence-corrected chi connectivity index (χ3v) is 8.78. The van der Waals surface area contributed by atoms with Crippen LogP contribution in [-0.4, -0.2) is 122 Å². The lowest BCUT2D eigenvalue weighted by Crippen LogP contribution is -2.60. The zero-order chi connectivity index (χ0) is 34.8. The maximum Gasteiger partial charge on any atom is 0.245 e. The third-order valence-electron chi connectivity index (χ3n) is 8.78. The van der Waals surface area contributed by atoms with Crippen LogP contribution in [0.5, 0.6) is 0 Å². The minimum absolute atomic E-state index is 0.0158. The van der Waals surface area contributed by atoms with Gasteiger partial charge < -0.3 is 35.6 Å². The Bertz CT molecular complexity index is 1390. The van der Waals surface area contributed by atoms with Gasteiger partial charge in [0, 0.05) is 33.0 Å². The van der Waals surface area contributed by atoms with Gasteiger partial charge in [-0.05, 0) is 37.7 Å². The molecule has 2 saturated heterocycles. The lowest BCUT2D eigenvalue weighted by molar-refractivity contribution is -0.146. The largest absolute Gasteiger partial charge is 0.388 e. The summed E-state index contributed by atoms with van der Waals surface area (Å²) in [6.45, 7) is 5.51. The molecule has 5 amide bonds. The van der Waals surface area contributed by atoms with Gasteiger partial charge in [-0.1, -0.05) is 44.2 Å². The molecule has 2 aliphatic heterocycles. The predicted molar refractivity (Wildman–Crippen MR) is 174 cm³/mol. The summed E-state index contributed by atoms with van der Waals surface area (Å²) in [5.41, 5.74) is 0.809. The Morgan fingerprint density at radius 1 is 1.06 bits per heavy atom. The highest BCUT2D eigenvalue weighted by Crippen LogP contribution is 2.19. The van der Waals surface area contributed by atoms with Crippen LogP contribution in [0, 0.1) is 5.92 Å². The van der Waals surface area contributed by atoms with Gasteiger partial charge in [0.05, 0.1) is 19.1 Å². The van der Waals surface area contributed by atoms with Crippen LogP contribution in [0.15, 0.2) is 43.0 Å². The first-order chi connectivity index (χ1) is 22.9. The summed E-state index contributed by atoms with van der Waals surface area (Å²) in [5.74, 6) is -2.42. The number of hydrogen-bond acceptors (Lipinski definition) is 9. The molecular weight excluding hydrogens is 620 g/mol. The molecular formula is C33H48N8O7. The minimum atomic E-state index is -1.21. The highest BCUT2D eigenvalue weighted by atomic mass is 16.5. The van der Waals surface area contributed by atoms with Gasteiger partial charge in [-0.2, -0.15) is 5.10 Å². The van der Waals surface area contributed by atoms with Gasteiger partial charge in [0.15, 0.2) is 0 Å². The molecule has 4 rings (SSSR count). The molecule has 262 valence electrons. The monoisotopic (exact) mass is 668 g/mol. The van der Waals surface area contributed by atoms with Gasteiger partial charge in [-0.25, -0.2) is 4.98 Å². The molecule has 2 bridgehead atoms. The maximum atomic E-state index is 13.7. The van der Waals surface area contributed by atoms with Crippen LogP contribution in [0.2, 0.25) is 0 Å². The van der Waals surface area contributed by atoms with Crippen LogP contribution in [0.3, 0.4) is 0 Å². The van der Waals surface area contributed by atoms with E-state index in [1.165, 1.54) is 23.2 Å². The number of aliphatic hydroxyl groups excluding tert-OH is 1. The number of fused-ring (bicyclic) bond motifs is 2. The molecule has 4 N–H and O–H groups in total. The number of aryl methyl sites for hydroxylation is 1. The first-order valence-corrected chi connectivity index (χ1v) is 16.5. The fourth-order valence-electron chi connectivity index (χ4n) is 5.92. The van der Waals surface area contributed by atoms with Crippen LogP contribution in [0.25, 0.3) is 0 Å². The van der Waals surface area contributed by atoms with E-state index in [0.29, 0.717) is 25.8 Å². The van der Waals surface area contributed by atoms with Crippen molar-refractivity contribution in [1.82, 2.24) is 40.5 Å². The molecule has 15 heteroatoms. The molecule has 3 heterocycles. The Labute approximate surface area is 280 Å². The van der Waals surface area contributed by atoms with Crippen molar-refractivity contribution in [2.45, 2.75) is 95.8 Å². The van der Waals surface area contributed by atoms with Crippen molar-refractivity contribution >= 4 is 29.5 Å². The molecule has 0 spiro atoms. The molecule has 1 aromatic heterocycles. The van der Waals surface area contributed by atoms with Crippen molar-refractivity contribution in [3.05, 3.63) is 48.5 Å². The van der Waals surface area contributed by atoms with E-state index >= 15 is 0 Å². The summed E-state index contributed by atoms with van der Waals surface area (Å²) in [5, 5.41) is 23.9. The third kappa shape index (κ3) is 10.1. The number of amides is 5. The first-order valence-electron chi connectivity index (χ1n) is 16.5. The number of benzene rings is 1. The van der Waals surface area contributed by atoms with E-state index in [4.69, 9.17) is 4.74 Å². The summed E-state index contributed by atoms with van der Waals surface area (Å²) in [6.07, 6.45) is 2.10. The number of likely N-dealkylation sites (N-methyl/N-ethyl adjacent to an activating group) is 1. The fourth-order valence-corrected chi connectivity index (χ4v) is 5.92. The second-order valence-corrected chi connectivity index (χ2v) is 13.0. The second kappa shape index (κ2) is 17.2. The van der Waals surface area contributed by atoms with Crippen molar-refractivity contribution < 1.29 is 33.8 Å². The minimum Gasteiger partial charge on any atom is -0.388 e. The smallest absolute Gasteiger partial charge is 0.245 e. The fraction of sp³-hybridized carbons (Fsp3) is 0.606. The van der Waals surface area contributed by atoms with Crippen LogP contribution >= 0.6 is 0 Å². The highest BCUT2D eigenvalue weighted by Gasteiger charge is 2.39. The molecule has 2 aromatic rings. The first kappa shape index (κ1) is 36.5. The van der Waals surface area contributed by atoms with Crippen LogP contribution in [0.1, 0.15) is 52.0 Å². The van der Waals surface area contributed by atoms with Gasteiger partial charge in [-0.15, -0.1) is 0 Å². The lowest BCUT2D eigenvalue weighted by atomic mass is 9.97. The van der Waals surface area contributed by atoms with E-state index in [0.717, 1.165) is 5.56 Å². The van der Waals surface area contributed by atoms with E-state index in [1.54, 1.807) is 17.9 Å². The number of aliphatic hydroxyl groups is 1. The van der Waals surface area contributed by atoms with Gasteiger partial charge in [0.2, 0.25) is 29.5 Å². The molecule has 2 fully saturated rings. The number of carbonyl (C=O) groups is 5. The van der Waals surface area contributed by atoms with E-state index < -0.39 is 60.0 Å². The average Bonchev–Trinajstić information content (AvgIpc) is 3.58. The summed E-state index contributed by atoms with van der Waals surface area (Å²) in [4.78, 5) is 74.5. The Kier molecular flexibility index (Phi) is 13.0. The number of aromatic nitrogens is 3. The molecule has 6 atom stereocenters. The standard InChI is InChI=1S/C33H48N8O7/c1-21(2)15-26-33(47)39(4)22(3)31(45)38-25(16-23-9-6-5-7-10-23)32(46)37-24-12-14-48-27(30(24)44)17-40(18-28(42)36-26)29(43)11-8-13-41-20-34-19-35-41/h5-7,9-10,19-22,24-27,30,44H,8,11-18H2,1-4H3,(H,36,42)(H,37,46)(H,38,45)/t22-,24-,25-,26+,27+,30-/m0/s1. The van der Waals surface area contributed by atoms with Crippen molar-refractivity contribution in [2.24, 2.45) is 5.92 Å². The average molecular weight is 669 g/mol. The number of rotatable bonds is 8. The van der Waals surface area contributed by atoms with Crippen LogP contribution < -0.4 is 16.0 Å². The number of nitrogens with one attached hydrogen (secondary N) is 3.